The molecule has 0 rings (SSSR count). The van der Waals surface area contributed by atoms with Crippen molar-refractivity contribution in [2.24, 2.45) is 0 Å². The maximum atomic E-state index is 12.7. The maximum Gasteiger partial charge on any atom is 0.309 e. The van der Waals surface area contributed by atoms with E-state index in [-0.39, 0.29) is 38.0 Å². The molecule has 1 unspecified atom stereocenters. The molecule has 0 aromatic heterocycles. The van der Waals surface area contributed by atoms with Gasteiger partial charge in [0, 0.05) is 12.8 Å². The lowest BCUT2D eigenvalue weighted by atomic mass is 10.0. The average molecular weight is 833 g/mol. The Morgan fingerprint density at radius 2 is 0.783 bits per heavy atom. The molecule has 0 aliphatic rings. The molecule has 0 saturated heterocycles. The molecule has 0 aromatic carbocycles. The van der Waals surface area contributed by atoms with Crippen molar-refractivity contribution in [3.8, 4) is 0 Å². The van der Waals surface area contributed by atoms with Crippen molar-refractivity contribution in [3.05, 3.63) is 97.2 Å². The van der Waals surface area contributed by atoms with Gasteiger partial charge in [0.05, 0.1) is 6.42 Å². The molecule has 6 nitrogen and oxygen atoms in total. The lowest BCUT2D eigenvalue weighted by Gasteiger charge is -2.18. The predicted octanol–water partition coefficient (Wildman–Crippen LogP) is 15.8. The molecule has 0 aliphatic heterocycles. The standard InChI is InChI=1S/C54H88O6/c1-4-7-10-13-16-19-21-23-25-26-27-29-30-32-35-38-41-44-47-53(56)59-50-51(49-58-52(55)46-43-40-37-34-18-15-12-9-6-3)60-54(57)48-45-42-39-36-33-31-28-24-22-20-17-14-11-8-5-2/h8-9,11-12,14,17-18,20,22,24,28,31,33-34,40,43,51H,4-7,10,13,15-16,19,21,23,25-27,29-30,32,35-39,41-42,44-50H2,1-3H3/b11-8-,12-9-,17-14-,22-20-,28-24-,33-31-,34-18-,43-40-. The van der Waals surface area contributed by atoms with E-state index in [9.17, 15) is 14.4 Å². The lowest BCUT2D eigenvalue weighted by molar-refractivity contribution is -0.166. The quantitative estimate of drug-likeness (QED) is 0.0200. The minimum absolute atomic E-state index is 0.121. The second-order valence-electron chi connectivity index (χ2n) is 15.8. The number of hydrogen-bond acceptors (Lipinski definition) is 6. The Labute approximate surface area is 368 Å². The number of carbonyl (C=O) groups is 3. The first-order valence-electron chi connectivity index (χ1n) is 24.3. The highest BCUT2D eigenvalue weighted by atomic mass is 16.6. The van der Waals surface area contributed by atoms with Gasteiger partial charge in [-0.2, -0.15) is 0 Å². The smallest absolute Gasteiger partial charge is 0.309 e. The molecule has 0 fully saturated rings. The average Bonchev–Trinajstić information content (AvgIpc) is 3.24. The third-order valence-electron chi connectivity index (χ3n) is 9.99. The molecular weight excluding hydrogens is 745 g/mol. The van der Waals surface area contributed by atoms with Crippen molar-refractivity contribution in [3.63, 3.8) is 0 Å². The monoisotopic (exact) mass is 833 g/mol. The predicted molar refractivity (Wildman–Crippen MR) is 256 cm³/mol. The van der Waals surface area contributed by atoms with Gasteiger partial charge in [0.2, 0.25) is 0 Å². The molecule has 0 radical (unpaired) electrons. The van der Waals surface area contributed by atoms with E-state index in [0.29, 0.717) is 12.8 Å². The van der Waals surface area contributed by atoms with E-state index in [2.05, 4.69) is 57.2 Å². The fourth-order valence-corrected chi connectivity index (χ4v) is 6.41. The van der Waals surface area contributed by atoms with Gasteiger partial charge in [0.15, 0.2) is 6.10 Å². The fourth-order valence-electron chi connectivity index (χ4n) is 6.41. The summed E-state index contributed by atoms with van der Waals surface area (Å²) in [5.41, 5.74) is 0. The number of ether oxygens (including phenoxy) is 3. The van der Waals surface area contributed by atoms with E-state index < -0.39 is 12.1 Å². The number of carbonyl (C=O) groups excluding carboxylic acids is 3. The summed E-state index contributed by atoms with van der Waals surface area (Å²) in [7, 11) is 0. The largest absolute Gasteiger partial charge is 0.462 e. The summed E-state index contributed by atoms with van der Waals surface area (Å²) in [6.07, 6.45) is 62.9. The minimum atomic E-state index is -0.833. The van der Waals surface area contributed by atoms with Crippen LogP contribution in [0.4, 0.5) is 0 Å². The summed E-state index contributed by atoms with van der Waals surface area (Å²) >= 11 is 0. The van der Waals surface area contributed by atoms with Crippen LogP contribution in [0, 0.1) is 0 Å². The zero-order valence-corrected chi connectivity index (χ0v) is 38.7. The topological polar surface area (TPSA) is 78.9 Å². The zero-order chi connectivity index (χ0) is 43.7. The zero-order valence-electron chi connectivity index (χ0n) is 38.7. The van der Waals surface area contributed by atoms with Crippen molar-refractivity contribution >= 4 is 17.9 Å². The van der Waals surface area contributed by atoms with Crippen LogP contribution in [-0.4, -0.2) is 37.2 Å². The molecule has 0 N–H and O–H groups in total. The van der Waals surface area contributed by atoms with E-state index in [1.165, 1.54) is 96.3 Å². The van der Waals surface area contributed by atoms with Crippen LogP contribution < -0.4 is 0 Å². The van der Waals surface area contributed by atoms with Crippen LogP contribution in [-0.2, 0) is 28.6 Å². The van der Waals surface area contributed by atoms with Crippen LogP contribution >= 0.6 is 0 Å². The second kappa shape index (κ2) is 48.0. The number of rotatable bonds is 42. The van der Waals surface area contributed by atoms with Crippen molar-refractivity contribution in [2.45, 2.75) is 213 Å². The molecule has 1 atom stereocenters. The molecule has 0 spiro atoms. The maximum absolute atomic E-state index is 12.7. The first-order valence-corrected chi connectivity index (χ1v) is 24.3. The summed E-state index contributed by atoms with van der Waals surface area (Å²) in [6.45, 7) is 6.23. The van der Waals surface area contributed by atoms with E-state index in [4.69, 9.17) is 14.2 Å². The molecule has 6 heteroatoms. The first-order chi connectivity index (χ1) is 29.5. The summed E-state index contributed by atoms with van der Waals surface area (Å²) in [6, 6.07) is 0. The Morgan fingerprint density at radius 3 is 1.30 bits per heavy atom. The Hall–Kier alpha value is -3.67. The fraction of sp³-hybridized carbons (Fsp3) is 0.648. The van der Waals surface area contributed by atoms with Crippen LogP contribution in [0.5, 0.6) is 0 Å². The Morgan fingerprint density at radius 1 is 0.383 bits per heavy atom. The van der Waals surface area contributed by atoms with E-state index >= 15 is 0 Å². The van der Waals surface area contributed by atoms with Crippen molar-refractivity contribution < 1.29 is 28.6 Å². The van der Waals surface area contributed by atoms with Crippen LogP contribution in [0.1, 0.15) is 207 Å². The molecule has 0 heterocycles. The Balaban J connectivity index is 4.43. The van der Waals surface area contributed by atoms with Crippen LogP contribution in [0.2, 0.25) is 0 Å². The minimum Gasteiger partial charge on any atom is -0.462 e. The normalized spacial score (nSPS) is 12.9. The number of allylic oxidation sites excluding steroid dienone is 15. The molecule has 340 valence electrons. The summed E-state index contributed by atoms with van der Waals surface area (Å²) in [5, 5.41) is 0. The highest BCUT2D eigenvalue weighted by Crippen LogP contribution is 2.15. The van der Waals surface area contributed by atoms with Gasteiger partial charge in [0.25, 0.3) is 0 Å². The van der Waals surface area contributed by atoms with Gasteiger partial charge < -0.3 is 14.2 Å². The molecule has 0 aliphatic carbocycles. The first kappa shape index (κ1) is 56.3. The molecule has 0 amide bonds. The van der Waals surface area contributed by atoms with Crippen LogP contribution in [0.15, 0.2) is 97.2 Å². The van der Waals surface area contributed by atoms with Gasteiger partial charge >= 0.3 is 17.9 Å². The third kappa shape index (κ3) is 45.4. The van der Waals surface area contributed by atoms with E-state index in [0.717, 1.165) is 64.2 Å². The summed E-state index contributed by atoms with van der Waals surface area (Å²) in [4.78, 5) is 37.7. The highest BCUT2D eigenvalue weighted by Gasteiger charge is 2.19. The molecule has 0 bridgehead atoms. The van der Waals surface area contributed by atoms with Gasteiger partial charge in [-0.25, -0.2) is 0 Å². The Kier molecular flexibility index (Phi) is 45.1. The van der Waals surface area contributed by atoms with Gasteiger partial charge in [-0.15, -0.1) is 0 Å². The van der Waals surface area contributed by atoms with Crippen molar-refractivity contribution in [1.82, 2.24) is 0 Å². The van der Waals surface area contributed by atoms with Gasteiger partial charge in [0.1, 0.15) is 13.2 Å². The van der Waals surface area contributed by atoms with E-state index in [1.807, 2.05) is 54.7 Å². The van der Waals surface area contributed by atoms with Gasteiger partial charge in [-0.3, -0.25) is 14.4 Å². The highest BCUT2D eigenvalue weighted by molar-refractivity contribution is 5.72. The molecule has 0 aromatic rings. The third-order valence-corrected chi connectivity index (χ3v) is 9.99. The molecule has 0 saturated carbocycles. The van der Waals surface area contributed by atoms with Crippen LogP contribution in [0.25, 0.3) is 0 Å². The number of esters is 3. The van der Waals surface area contributed by atoms with Crippen molar-refractivity contribution in [1.29, 1.82) is 0 Å². The summed E-state index contributed by atoms with van der Waals surface area (Å²) < 4.78 is 16.6. The van der Waals surface area contributed by atoms with E-state index in [1.54, 1.807) is 6.08 Å². The van der Waals surface area contributed by atoms with Crippen LogP contribution in [0.3, 0.4) is 0 Å². The second-order valence-corrected chi connectivity index (χ2v) is 15.8. The molecule has 60 heavy (non-hydrogen) atoms. The summed E-state index contributed by atoms with van der Waals surface area (Å²) in [5.74, 6) is -1.10. The molecular formula is C54H88O6. The Bertz CT molecular complexity index is 1230. The number of unbranched alkanes of at least 4 members (excludes halogenated alkanes) is 20. The van der Waals surface area contributed by atoms with Gasteiger partial charge in [-0.1, -0.05) is 234 Å². The lowest BCUT2D eigenvalue weighted by Crippen LogP contribution is -2.30. The van der Waals surface area contributed by atoms with Gasteiger partial charge in [-0.05, 0) is 51.4 Å². The van der Waals surface area contributed by atoms with Crippen molar-refractivity contribution in [2.75, 3.05) is 13.2 Å². The number of hydrogen-bond donors (Lipinski definition) is 0. The SMILES string of the molecule is CC\C=C/C=C\C=C/C=C\C=C/CCCCCC(=O)OC(COC(=O)C/C=C\C/C=C\C/C=C\CC)COC(=O)CCCCCCCCCCCCCCCCCCCC.